The van der Waals surface area contributed by atoms with Gasteiger partial charge in [0.25, 0.3) is 5.91 Å². The molecule has 0 saturated heterocycles. The molecule has 0 bridgehead atoms. The first-order valence-electron chi connectivity index (χ1n) is 9.65. The molecule has 0 spiro atoms. The predicted molar refractivity (Wildman–Crippen MR) is 111 cm³/mol. The molecule has 4 rings (SSSR count). The SMILES string of the molecule is CC(C1CC1)N(Cc1ccccc1)C(=O)c1cccc(OCc2cscn2)c1. The lowest BCUT2D eigenvalue weighted by Crippen LogP contribution is -2.39. The number of benzene rings is 2. The molecule has 1 atom stereocenters. The Morgan fingerprint density at radius 1 is 1.21 bits per heavy atom. The van der Waals surface area contributed by atoms with Crippen LogP contribution in [0.4, 0.5) is 0 Å². The molecule has 5 heteroatoms. The van der Waals surface area contributed by atoms with Crippen molar-refractivity contribution in [2.75, 3.05) is 0 Å². The highest BCUT2D eigenvalue weighted by Gasteiger charge is 2.34. The van der Waals surface area contributed by atoms with Crippen molar-refractivity contribution < 1.29 is 9.53 Å². The van der Waals surface area contributed by atoms with Gasteiger partial charge in [-0.1, -0.05) is 36.4 Å². The monoisotopic (exact) mass is 392 g/mol. The van der Waals surface area contributed by atoms with Gasteiger partial charge < -0.3 is 9.64 Å². The molecule has 4 nitrogen and oxygen atoms in total. The average molecular weight is 393 g/mol. The third kappa shape index (κ3) is 4.60. The van der Waals surface area contributed by atoms with E-state index in [0.717, 1.165) is 11.3 Å². The zero-order valence-electron chi connectivity index (χ0n) is 16.0. The van der Waals surface area contributed by atoms with Gasteiger partial charge in [-0.05, 0) is 49.4 Å². The van der Waals surface area contributed by atoms with Crippen LogP contribution in [0.1, 0.15) is 41.4 Å². The summed E-state index contributed by atoms with van der Waals surface area (Å²) in [6, 6.07) is 17.9. The van der Waals surface area contributed by atoms with Crippen LogP contribution >= 0.6 is 11.3 Å². The van der Waals surface area contributed by atoms with Crippen molar-refractivity contribution in [3.8, 4) is 5.75 Å². The summed E-state index contributed by atoms with van der Waals surface area (Å²) in [5, 5.41) is 1.97. The van der Waals surface area contributed by atoms with Gasteiger partial charge in [0.2, 0.25) is 0 Å². The van der Waals surface area contributed by atoms with E-state index in [0.29, 0.717) is 30.4 Å². The molecule has 1 aliphatic carbocycles. The van der Waals surface area contributed by atoms with Gasteiger partial charge in [-0.2, -0.15) is 0 Å². The number of ether oxygens (including phenoxy) is 1. The average Bonchev–Trinajstić information content (AvgIpc) is 3.46. The molecule has 0 aliphatic heterocycles. The Morgan fingerprint density at radius 3 is 2.75 bits per heavy atom. The summed E-state index contributed by atoms with van der Waals surface area (Å²) in [5.74, 6) is 1.36. The van der Waals surface area contributed by atoms with E-state index in [1.54, 1.807) is 16.8 Å². The van der Waals surface area contributed by atoms with Crippen LogP contribution < -0.4 is 4.74 Å². The van der Waals surface area contributed by atoms with E-state index in [2.05, 4.69) is 24.0 Å². The van der Waals surface area contributed by atoms with Crippen LogP contribution in [0.5, 0.6) is 5.75 Å². The molecule has 1 saturated carbocycles. The van der Waals surface area contributed by atoms with E-state index in [9.17, 15) is 4.79 Å². The van der Waals surface area contributed by atoms with Gasteiger partial charge in [0, 0.05) is 23.5 Å². The number of hydrogen-bond acceptors (Lipinski definition) is 4. The molecule has 1 aliphatic rings. The van der Waals surface area contributed by atoms with Gasteiger partial charge >= 0.3 is 0 Å². The summed E-state index contributed by atoms with van der Waals surface area (Å²) >= 11 is 1.55. The van der Waals surface area contributed by atoms with Crippen molar-refractivity contribution >= 4 is 17.2 Å². The van der Waals surface area contributed by atoms with E-state index < -0.39 is 0 Å². The van der Waals surface area contributed by atoms with Crippen LogP contribution in [0.3, 0.4) is 0 Å². The van der Waals surface area contributed by atoms with Crippen molar-refractivity contribution in [1.29, 1.82) is 0 Å². The van der Waals surface area contributed by atoms with Gasteiger partial charge in [0.05, 0.1) is 11.2 Å². The molecule has 2 aromatic carbocycles. The molecule has 1 amide bonds. The fourth-order valence-electron chi connectivity index (χ4n) is 3.36. The number of hydrogen-bond donors (Lipinski definition) is 0. The second-order valence-corrected chi connectivity index (χ2v) is 8.01. The van der Waals surface area contributed by atoms with Crippen molar-refractivity contribution in [1.82, 2.24) is 9.88 Å². The molecule has 1 fully saturated rings. The molecule has 1 unspecified atom stereocenters. The summed E-state index contributed by atoms with van der Waals surface area (Å²) in [6.07, 6.45) is 2.41. The number of amides is 1. The lowest BCUT2D eigenvalue weighted by molar-refractivity contribution is 0.0654. The van der Waals surface area contributed by atoms with Crippen LogP contribution in [0.15, 0.2) is 65.5 Å². The van der Waals surface area contributed by atoms with E-state index in [1.165, 1.54) is 12.8 Å². The smallest absolute Gasteiger partial charge is 0.254 e. The third-order valence-corrected chi connectivity index (χ3v) is 5.84. The molecule has 144 valence electrons. The van der Waals surface area contributed by atoms with Crippen molar-refractivity contribution in [2.24, 2.45) is 5.92 Å². The molecular formula is C23H24N2O2S. The molecular weight excluding hydrogens is 368 g/mol. The summed E-state index contributed by atoms with van der Waals surface area (Å²) in [4.78, 5) is 19.6. The van der Waals surface area contributed by atoms with Gasteiger partial charge in [0.15, 0.2) is 0 Å². The maximum atomic E-state index is 13.4. The second-order valence-electron chi connectivity index (χ2n) is 7.29. The van der Waals surface area contributed by atoms with Crippen molar-refractivity contribution in [3.63, 3.8) is 0 Å². The van der Waals surface area contributed by atoms with Crippen molar-refractivity contribution in [2.45, 2.75) is 39.0 Å². The summed E-state index contributed by atoms with van der Waals surface area (Å²) in [6.45, 7) is 3.20. The number of nitrogens with zero attached hydrogens (tertiary/aromatic N) is 2. The first kappa shape index (κ1) is 18.7. The zero-order valence-corrected chi connectivity index (χ0v) is 16.8. The Kier molecular flexibility index (Phi) is 5.72. The molecule has 28 heavy (non-hydrogen) atoms. The summed E-state index contributed by atoms with van der Waals surface area (Å²) in [5.41, 5.74) is 4.51. The second kappa shape index (κ2) is 8.57. The maximum Gasteiger partial charge on any atom is 0.254 e. The topological polar surface area (TPSA) is 42.4 Å². The number of aromatic nitrogens is 1. The molecule has 1 aromatic heterocycles. The first-order chi connectivity index (χ1) is 13.7. The zero-order chi connectivity index (χ0) is 19.3. The fraction of sp³-hybridized carbons (Fsp3) is 0.304. The van der Waals surface area contributed by atoms with Crippen LogP contribution in [-0.2, 0) is 13.2 Å². The highest BCUT2D eigenvalue weighted by molar-refractivity contribution is 7.07. The Bertz CT molecular complexity index is 907. The number of thiazole rings is 1. The first-order valence-corrected chi connectivity index (χ1v) is 10.6. The van der Waals surface area contributed by atoms with Crippen LogP contribution in [-0.4, -0.2) is 21.8 Å². The van der Waals surface area contributed by atoms with Crippen LogP contribution in [0.2, 0.25) is 0 Å². The summed E-state index contributed by atoms with van der Waals surface area (Å²) in [7, 11) is 0. The summed E-state index contributed by atoms with van der Waals surface area (Å²) < 4.78 is 5.83. The molecule has 0 radical (unpaired) electrons. The van der Waals surface area contributed by atoms with Gasteiger partial charge in [-0.25, -0.2) is 4.98 Å². The third-order valence-electron chi connectivity index (χ3n) is 5.20. The Morgan fingerprint density at radius 2 is 2.04 bits per heavy atom. The van der Waals surface area contributed by atoms with Crippen molar-refractivity contribution in [3.05, 3.63) is 82.3 Å². The quantitative estimate of drug-likeness (QED) is 0.531. The van der Waals surface area contributed by atoms with E-state index >= 15 is 0 Å². The van der Waals surface area contributed by atoms with Gasteiger partial charge in [-0.3, -0.25) is 4.79 Å². The highest BCUT2D eigenvalue weighted by Crippen LogP contribution is 2.36. The fourth-order valence-corrected chi connectivity index (χ4v) is 3.91. The van der Waals surface area contributed by atoms with Crippen LogP contribution in [0.25, 0.3) is 0 Å². The largest absolute Gasteiger partial charge is 0.487 e. The van der Waals surface area contributed by atoms with E-state index in [4.69, 9.17) is 4.74 Å². The number of carbonyl (C=O) groups excluding carboxylic acids is 1. The highest BCUT2D eigenvalue weighted by atomic mass is 32.1. The lowest BCUT2D eigenvalue weighted by Gasteiger charge is -2.30. The van der Waals surface area contributed by atoms with E-state index in [-0.39, 0.29) is 11.9 Å². The Labute approximate surface area is 169 Å². The Balaban J connectivity index is 1.51. The van der Waals surface area contributed by atoms with Crippen LogP contribution in [0, 0.1) is 5.92 Å². The molecule has 3 aromatic rings. The predicted octanol–water partition coefficient (Wildman–Crippen LogP) is 5.16. The van der Waals surface area contributed by atoms with E-state index in [1.807, 2.05) is 52.7 Å². The molecule has 1 heterocycles. The van der Waals surface area contributed by atoms with Gasteiger partial charge in [-0.15, -0.1) is 11.3 Å². The number of carbonyl (C=O) groups is 1. The maximum absolute atomic E-state index is 13.4. The minimum atomic E-state index is 0.0577. The standard InChI is InChI=1S/C23H24N2O2S/c1-17(19-10-11-19)25(13-18-6-3-2-4-7-18)23(26)20-8-5-9-22(12-20)27-14-21-15-28-16-24-21/h2-9,12,15-17,19H,10-11,13-14H2,1H3. The minimum absolute atomic E-state index is 0.0577. The number of rotatable bonds is 8. The normalized spacial score (nSPS) is 14.5. The Hall–Kier alpha value is -2.66. The van der Waals surface area contributed by atoms with Gasteiger partial charge in [0.1, 0.15) is 12.4 Å². The molecule has 0 N–H and O–H groups in total. The minimum Gasteiger partial charge on any atom is -0.487 e. The lowest BCUT2D eigenvalue weighted by atomic mass is 10.1.